The van der Waals surface area contributed by atoms with E-state index in [1.54, 1.807) is 0 Å². The van der Waals surface area contributed by atoms with E-state index in [1.807, 2.05) is 36.0 Å². The van der Waals surface area contributed by atoms with Crippen LogP contribution in [-0.2, 0) is 11.3 Å². The number of piperidine rings is 1. The first-order valence-electron chi connectivity index (χ1n) is 10.2. The number of aromatic nitrogens is 2. The fraction of sp³-hybridized carbons (Fsp3) is 0.545. The van der Waals surface area contributed by atoms with Gasteiger partial charge in [0, 0.05) is 17.7 Å². The molecular weight excluding hydrogens is 336 g/mol. The Hall–Kier alpha value is -2.14. The third-order valence-corrected chi connectivity index (χ3v) is 6.45. The van der Waals surface area contributed by atoms with E-state index in [9.17, 15) is 4.79 Å². The summed E-state index contributed by atoms with van der Waals surface area (Å²) >= 11 is 0. The van der Waals surface area contributed by atoms with Gasteiger partial charge in [-0.25, -0.2) is 0 Å². The predicted molar refractivity (Wildman–Crippen MR) is 108 cm³/mol. The van der Waals surface area contributed by atoms with Gasteiger partial charge in [-0.15, -0.1) is 0 Å². The van der Waals surface area contributed by atoms with E-state index >= 15 is 0 Å². The van der Waals surface area contributed by atoms with Gasteiger partial charge >= 0.3 is 0 Å². The quantitative estimate of drug-likeness (QED) is 0.867. The summed E-state index contributed by atoms with van der Waals surface area (Å²) in [4.78, 5) is 12.8. The van der Waals surface area contributed by atoms with E-state index < -0.39 is 0 Å². The predicted octanol–water partition coefficient (Wildman–Crippen LogP) is 3.74. The number of anilines is 1. The van der Waals surface area contributed by atoms with Gasteiger partial charge in [0.25, 0.3) is 0 Å². The molecule has 0 unspecified atom stereocenters. The van der Waals surface area contributed by atoms with Crippen molar-refractivity contribution in [2.24, 2.45) is 11.3 Å². The van der Waals surface area contributed by atoms with Crippen LogP contribution in [0.25, 0.3) is 0 Å². The molecule has 0 radical (unpaired) electrons. The van der Waals surface area contributed by atoms with Crippen molar-refractivity contribution in [2.45, 2.75) is 52.0 Å². The summed E-state index contributed by atoms with van der Waals surface area (Å²) in [5.41, 5.74) is 2.72. The van der Waals surface area contributed by atoms with Crippen LogP contribution in [0.1, 0.15) is 49.7 Å². The minimum Gasteiger partial charge on any atom is -0.317 e. The molecule has 1 aliphatic heterocycles. The Labute approximate surface area is 161 Å². The normalized spacial score (nSPS) is 19.9. The number of carbonyl (C=O) groups excluding carboxylic acids is 1. The molecule has 1 amide bonds. The maximum absolute atomic E-state index is 12.8. The van der Waals surface area contributed by atoms with Crippen LogP contribution < -0.4 is 10.6 Å². The van der Waals surface area contributed by atoms with Crippen molar-refractivity contribution in [1.82, 2.24) is 15.1 Å². The number of aryl methyl sites for hydroxylation is 1. The lowest BCUT2D eigenvalue weighted by atomic mass is 9.65. The van der Waals surface area contributed by atoms with Crippen LogP contribution in [0.2, 0.25) is 0 Å². The topological polar surface area (TPSA) is 59.0 Å². The van der Waals surface area contributed by atoms with Gasteiger partial charge in [-0.1, -0.05) is 30.3 Å². The number of hydrogen-bond acceptors (Lipinski definition) is 3. The lowest BCUT2D eigenvalue weighted by Gasteiger charge is -2.42. The highest BCUT2D eigenvalue weighted by Crippen LogP contribution is 2.45. The first-order chi connectivity index (χ1) is 13.1. The Morgan fingerprint density at radius 1 is 1.19 bits per heavy atom. The smallest absolute Gasteiger partial charge is 0.228 e. The zero-order valence-corrected chi connectivity index (χ0v) is 16.2. The average molecular weight is 367 g/mol. The van der Waals surface area contributed by atoms with Crippen molar-refractivity contribution in [1.29, 1.82) is 0 Å². The van der Waals surface area contributed by atoms with Gasteiger partial charge < -0.3 is 10.6 Å². The van der Waals surface area contributed by atoms with Gasteiger partial charge in [0.05, 0.1) is 6.54 Å². The monoisotopic (exact) mass is 366 g/mol. The fourth-order valence-corrected chi connectivity index (χ4v) is 4.66. The molecule has 4 rings (SSSR count). The molecule has 0 bridgehead atoms. The maximum atomic E-state index is 12.8. The van der Waals surface area contributed by atoms with Crippen LogP contribution in [0.4, 0.5) is 5.82 Å². The zero-order chi connectivity index (χ0) is 18.7. The number of benzene rings is 1. The molecule has 2 N–H and O–H groups in total. The maximum Gasteiger partial charge on any atom is 0.228 e. The number of amides is 1. The lowest BCUT2D eigenvalue weighted by Crippen LogP contribution is -2.40. The van der Waals surface area contributed by atoms with Crippen molar-refractivity contribution in [3.8, 4) is 0 Å². The first kappa shape index (κ1) is 18.2. The molecule has 5 nitrogen and oxygen atoms in total. The first-order valence-corrected chi connectivity index (χ1v) is 10.2. The number of hydrogen-bond donors (Lipinski definition) is 2. The van der Waals surface area contributed by atoms with Crippen LogP contribution in [0.5, 0.6) is 0 Å². The van der Waals surface area contributed by atoms with E-state index in [0.717, 1.165) is 38.0 Å². The largest absolute Gasteiger partial charge is 0.317 e. The third-order valence-electron chi connectivity index (χ3n) is 6.45. The van der Waals surface area contributed by atoms with E-state index in [1.165, 1.54) is 31.2 Å². The summed E-state index contributed by atoms with van der Waals surface area (Å²) in [5.74, 6) is 0.981. The van der Waals surface area contributed by atoms with Crippen LogP contribution in [-0.4, -0.2) is 28.8 Å². The Morgan fingerprint density at radius 3 is 2.59 bits per heavy atom. The van der Waals surface area contributed by atoms with Crippen LogP contribution in [0.3, 0.4) is 0 Å². The van der Waals surface area contributed by atoms with Crippen molar-refractivity contribution in [3.05, 3.63) is 47.7 Å². The standard InChI is InChI=1S/C22H30N4O/c1-17-15-26(16-18-5-3-2-4-6-18)25-20(17)24-21(27)19-7-9-22(10-8-19)11-13-23-14-12-22/h2-6,15,19,23H,7-14,16H2,1H3,(H,24,25,27). The van der Waals surface area contributed by atoms with Crippen LogP contribution in [0.15, 0.2) is 36.5 Å². The Morgan fingerprint density at radius 2 is 1.89 bits per heavy atom. The molecule has 1 aliphatic carbocycles. The van der Waals surface area contributed by atoms with E-state index in [2.05, 4.69) is 27.9 Å². The summed E-state index contributed by atoms with van der Waals surface area (Å²) in [5, 5.41) is 11.2. The SMILES string of the molecule is Cc1cn(Cc2ccccc2)nc1NC(=O)C1CCC2(CCNCC2)CC1. The highest BCUT2D eigenvalue weighted by atomic mass is 16.2. The van der Waals surface area contributed by atoms with Crippen molar-refractivity contribution in [3.63, 3.8) is 0 Å². The summed E-state index contributed by atoms with van der Waals surface area (Å²) in [6, 6.07) is 10.3. The van der Waals surface area contributed by atoms with E-state index in [-0.39, 0.29) is 11.8 Å². The number of carbonyl (C=O) groups is 1. The lowest BCUT2D eigenvalue weighted by molar-refractivity contribution is -0.121. The zero-order valence-electron chi connectivity index (χ0n) is 16.2. The number of nitrogens with one attached hydrogen (secondary N) is 2. The van der Waals surface area contributed by atoms with Crippen molar-refractivity contribution < 1.29 is 4.79 Å². The second-order valence-corrected chi connectivity index (χ2v) is 8.36. The van der Waals surface area contributed by atoms with Gasteiger partial charge in [0.1, 0.15) is 0 Å². The summed E-state index contributed by atoms with van der Waals surface area (Å²) in [6.07, 6.45) is 8.94. The van der Waals surface area contributed by atoms with Crippen LogP contribution in [0, 0.1) is 18.3 Å². The molecule has 2 aromatic rings. The minimum absolute atomic E-state index is 0.129. The van der Waals surface area contributed by atoms with Crippen molar-refractivity contribution >= 4 is 11.7 Å². The highest BCUT2D eigenvalue weighted by Gasteiger charge is 2.38. The molecule has 2 fully saturated rings. The molecular formula is C22H30N4O. The molecule has 1 aromatic carbocycles. The minimum atomic E-state index is 0.129. The van der Waals surface area contributed by atoms with Gasteiger partial charge in [-0.2, -0.15) is 5.10 Å². The summed E-state index contributed by atoms with van der Waals surface area (Å²) < 4.78 is 1.91. The third kappa shape index (κ3) is 4.24. The second kappa shape index (κ2) is 7.85. The fourth-order valence-electron chi connectivity index (χ4n) is 4.66. The second-order valence-electron chi connectivity index (χ2n) is 8.36. The summed E-state index contributed by atoms with van der Waals surface area (Å²) in [6.45, 7) is 5.00. The molecule has 27 heavy (non-hydrogen) atoms. The highest BCUT2D eigenvalue weighted by molar-refractivity contribution is 5.92. The molecule has 1 aromatic heterocycles. The molecule has 0 atom stereocenters. The molecule has 5 heteroatoms. The van der Waals surface area contributed by atoms with Crippen molar-refractivity contribution in [2.75, 3.05) is 18.4 Å². The summed E-state index contributed by atoms with van der Waals surface area (Å²) in [7, 11) is 0. The van der Waals surface area contributed by atoms with Gasteiger partial charge in [0.2, 0.25) is 5.91 Å². The molecule has 1 spiro atoms. The van der Waals surface area contributed by atoms with Gasteiger partial charge in [0.15, 0.2) is 5.82 Å². The molecule has 2 heterocycles. The molecule has 2 aliphatic rings. The average Bonchev–Trinajstić information content (AvgIpc) is 3.02. The van der Waals surface area contributed by atoms with E-state index in [0.29, 0.717) is 11.2 Å². The van der Waals surface area contributed by atoms with Crippen LogP contribution >= 0.6 is 0 Å². The van der Waals surface area contributed by atoms with Gasteiger partial charge in [-0.3, -0.25) is 9.48 Å². The number of rotatable bonds is 4. The van der Waals surface area contributed by atoms with E-state index in [4.69, 9.17) is 0 Å². The Kier molecular flexibility index (Phi) is 5.30. The number of nitrogens with zero attached hydrogens (tertiary/aromatic N) is 2. The van der Waals surface area contributed by atoms with Gasteiger partial charge in [-0.05, 0) is 69.5 Å². The molecule has 144 valence electrons. The Balaban J connectivity index is 1.34. The molecule has 1 saturated carbocycles. The molecule has 1 saturated heterocycles. The Bertz CT molecular complexity index is 767.